The molecule has 3 nitrogen and oxygen atoms in total. The molecule has 0 saturated heterocycles. The second-order valence-electron chi connectivity index (χ2n) is 2.08. The van der Waals surface area contributed by atoms with Gasteiger partial charge in [0.25, 0.3) is 0 Å². The fraction of sp³-hybridized carbons (Fsp3) is 0.625. The Labute approximate surface area is 92.8 Å². The van der Waals surface area contributed by atoms with Gasteiger partial charge in [-0.2, -0.15) is 0 Å². The third-order valence-corrected chi connectivity index (χ3v) is 0.859. The average molecular weight is 288 g/mol. The molecule has 0 fully saturated rings. The van der Waals surface area contributed by atoms with E-state index in [0.29, 0.717) is 6.61 Å². The average Bonchev–Trinajstić information content (AvgIpc) is 1.86. The van der Waals surface area contributed by atoms with Crippen LogP contribution in [0.15, 0.2) is 0 Å². The van der Waals surface area contributed by atoms with Crippen molar-refractivity contribution in [3.63, 3.8) is 0 Å². The molecule has 0 aromatic carbocycles. The first-order valence-electron chi connectivity index (χ1n) is 3.37. The van der Waals surface area contributed by atoms with Crippen LogP contribution < -0.4 is 0 Å². The molecule has 0 radical (unpaired) electrons. The van der Waals surface area contributed by atoms with Gasteiger partial charge in [0.2, 0.25) is 0 Å². The second-order valence-corrected chi connectivity index (χ2v) is 2.08. The topological polar surface area (TPSA) is 35.5 Å². The Balaban J connectivity index is -0.000000167. The summed E-state index contributed by atoms with van der Waals surface area (Å²) < 4.78 is 9.57. The highest BCUT2D eigenvalue weighted by molar-refractivity contribution is 14.0. The molecule has 0 rings (SSSR count). The fourth-order valence-electron chi connectivity index (χ4n) is 0.549. The minimum absolute atomic E-state index is 0. The highest BCUT2D eigenvalue weighted by atomic mass is 127. The first-order chi connectivity index (χ1) is 5.16. The van der Waals surface area contributed by atoms with Gasteiger partial charge in [0.05, 0.1) is 0 Å². The van der Waals surface area contributed by atoms with Crippen LogP contribution in [0.5, 0.6) is 0 Å². The van der Waals surface area contributed by atoms with Gasteiger partial charge in [0.15, 0.2) is 0 Å². The number of esters is 1. The third-order valence-electron chi connectivity index (χ3n) is 0.859. The number of halogens is 1. The van der Waals surface area contributed by atoms with E-state index in [1.54, 1.807) is 13.8 Å². The molecule has 1 unspecified atom stereocenters. The molecule has 12 heavy (non-hydrogen) atoms. The molecule has 0 heterocycles. The zero-order valence-corrected chi connectivity index (χ0v) is 9.75. The van der Waals surface area contributed by atoms with Crippen molar-refractivity contribution in [1.29, 1.82) is 0 Å². The van der Waals surface area contributed by atoms with E-state index in [-0.39, 0.29) is 38.9 Å². The van der Waals surface area contributed by atoms with Gasteiger partial charge in [-0.1, -0.05) is 5.92 Å². The molecule has 0 aliphatic rings. The quantitative estimate of drug-likeness (QED) is 0.453. The van der Waals surface area contributed by atoms with Crippen LogP contribution in [0.25, 0.3) is 0 Å². The number of rotatable bonds is 3. The Morgan fingerprint density at radius 3 is 2.67 bits per heavy atom. The van der Waals surface area contributed by atoms with Gasteiger partial charge in [-0.3, -0.25) is 4.79 Å². The zero-order valence-electron chi connectivity index (χ0n) is 7.42. The van der Waals surface area contributed by atoms with Gasteiger partial charge in [-0.15, -0.1) is 24.0 Å². The van der Waals surface area contributed by atoms with Crippen LogP contribution >= 0.6 is 24.0 Å². The van der Waals surface area contributed by atoms with Gasteiger partial charge in [0, 0.05) is 16.7 Å². The van der Waals surface area contributed by atoms with E-state index in [1.165, 1.54) is 6.92 Å². The van der Waals surface area contributed by atoms with Crippen molar-refractivity contribution in [2.24, 2.45) is 0 Å². The summed E-state index contributed by atoms with van der Waals surface area (Å²) in [5, 5.41) is 0. The van der Waals surface area contributed by atoms with E-state index >= 15 is 0 Å². The van der Waals surface area contributed by atoms with E-state index in [4.69, 9.17) is 9.47 Å². The van der Waals surface area contributed by atoms with Crippen LogP contribution in [0.4, 0.5) is 0 Å². The van der Waals surface area contributed by atoms with E-state index in [9.17, 15) is 4.79 Å². The van der Waals surface area contributed by atoms with Crippen molar-refractivity contribution in [2.75, 3.05) is 6.61 Å². The molecule has 0 aliphatic heterocycles. The molecule has 0 saturated carbocycles. The molecule has 74 valence electrons. The maximum atomic E-state index is 10.4. The van der Waals surface area contributed by atoms with Gasteiger partial charge < -0.3 is 9.47 Å². The largest absolute Gasteiger partial charge is 0.459 e. The summed E-state index contributed by atoms with van der Waals surface area (Å²) >= 11 is 0. The normalized spacial score (nSPS) is 9.92. The Morgan fingerprint density at radius 1 is 1.67 bits per heavy atom. The number of hydrogen-bond donors (Lipinski definition) is 0. The SMILES string of the molecule is CC#COCC(C)OC(C)=O.I.[HH].[HH]. The summed E-state index contributed by atoms with van der Waals surface area (Å²) in [5.41, 5.74) is 0. The lowest BCUT2D eigenvalue weighted by atomic mass is 10.4. The summed E-state index contributed by atoms with van der Waals surface area (Å²) in [7, 11) is 0. The Kier molecular flexibility index (Phi) is 10.2. The fourth-order valence-corrected chi connectivity index (χ4v) is 0.549. The van der Waals surface area contributed by atoms with Crippen molar-refractivity contribution >= 4 is 29.9 Å². The molecular formula is C8H17IO3. The summed E-state index contributed by atoms with van der Waals surface area (Å²) in [5.74, 6) is 2.26. The predicted molar refractivity (Wildman–Crippen MR) is 60.3 cm³/mol. The lowest BCUT2D eigenvalue weighted by molar-refractivity contribution is -0.147. The molecule has 0 aromatic rings. The first-order valence-corrected chi connectivity index (χ1v) is 3.37. The Bertz CT molecular complexity index is 189. The number of carbonyl (C=O) groups is 1. The van der Waals surface area contributed by atoms with Crippen molar-refractivity contribution in [2.45, 2.75) is 26.9 Å². The summed E-state index contributed by atoms with van der Waals surface area (Å²) in [6.07, 6.45) is 2.18. The molecule has 0 amide bonds. The van der Waals surface area contributed by atoms with Gasteiger partial charge >= 0.3 is 5.97 Å². The summed E-state index contributed by atoms with van der Waals surface area (Å²) in [4.78, 5) is 10.4. The minimum atomic E-state index is -0.300. The molecule has 4 heteroatoms. The molecule has 0 aliphatic carbocycles. The van der Waals surface area contributed by atoms with E-state index in [0.717, 1.165) is 0 Å². The molecular weight excluding hydrogens is 271 g/mol. The van der Waals surface area contributed by atoms with Gasteiger partial charge in [-0.05, 0) is 6.92 Å². The van der Waals surface area contributed by atoms with Gasteiger partial charge in [-0.25, -0.2) is 0 Å². The predicted octanol–water partition coefficient (Wildman–Crippen LogP) is 2.05. The van der Waals surface area contributed by atoms with Crippen molar-refractivity contribution < 1.29 is 17.1 Å². The van der Waals surface area contributed by atoms with Crippen LogP contribution in [-0.4, -0.2) is 18.7 Å². The van der Waals surface area contributed by atoms with Gasteiger partial charge in [0.1, 0.15) is 18.8 Å². The molecule has 0 bridgehead atoms. The Morgan fingerprint density at radius 2 is 2.25 bits per heavy atom. The summed E-state index contributed by atoms with van der Waals surface area (Å²) in [6, 6.07) is 0. The monoisotopic (exact) mass is 288 g/mol. The van der Waals surface area contributed by atoms with Crippen LogP contribution in [0, 0.1) is 12.0 Å². The zero-order chi connectivity index (χ0) is 8.69. The number of hydrogen-bond acceptors (Lipinski definition) is 3. The third kappa shape index (κ3) is 9.56. The highest BCUT2D eigenvalue weighted by Gasteiger charge is 2.03. The maximum absolute atomic E-state index is 10.4. The number of ether oxygens (including phenoxy) is 2. The highest BCUT2D eigenvalue weighted by Crippen LogP contribution is 1.91. The van der Waals surface area contributed by atoms with Crippen LogP contribution in [-0.2, 0) is 14.3 Å². The minimum Gasteiger partial charge on any atom is -0.459 e. The van der Waals surface area contributed by atoms with Crippen molar-refractivity contribution in [1.82, 2.24) is 0 Å². The van der Waals surface area contributed by atoms with Crippen LogP contribution in [0.2, 0.25) is 0 Å². The van der Waals surface area contributed by atoms with Crippen LogP contribution in [0.1, 0.15) is 23.6 Å². The lowest BCUT2D eigenvalue weighted by Crippen LogP contribution is -2.17. The van der Waals surface area contributed by atoms with Crippen LogP contribution in [0.3, 0.4) is 0 Å². The second kappa shape index (κ2) is 8.65. The van der Waals surface area contributed by atoms with E-state index in [1.807, 2.05) is 0 Å². The van der Waals surface area contributed by atoms with E-state index < -0.39 is 0 Å². The Hall–Kier alpha value is -0.440. The molecule has 1 atom stereocenters. The molecule has 0 aromatic heterocycles. The number of carbonyl (C=O) groups excluding carboxylic acids is 1. The molecule has 0 N–H and O–H groups in total. The maximum Gasteiger partial charge on any atom is 0.303 e. The van der Waals surface area contributed by atoms with E-state index in [2.05, 4.69) is 12.0 Å². The lowest BCUT2D eigenvalue weighted by Gasteiger charge is -2.08. The summed E-state index contributed by atoms with van der Waals surface area (Å²) in [6.45, 7) is 5.11. The smallest absolute Gasteiger partial charge is 0.303 e. The first kappa shape index (κ1) is 14.1. The molecule has 0 spiro atoms. The standard InChI is InChI=1S/C8H12O3.HI.2H2/c1-4-5-10-6-7(2)11-8(3)9;;;/h7H,6H2,1-3H3;3*1H. The van der Waals surface area contributed by atoms with Crippen molar-refractivity contribution in [3.05, 3.63) is 0 Å². The van der Waals surface area contributed by atoms with Crippen molar-refractivity contribution in [3.8, 4) is 12.0 Å².